The van der Waals surface area contributed by atoms with Gasteiger partial charge in [0.2, 0.25) is 0 Å². The Balaban J connectivity index is 2.12. The van der Waals surface area contributed by atoms with Crippen LogP contribution < -0.4 is 0 Å². The molecule has 0 N–H and O–H groups in total. The summed E-state index contributed by atoms with van der Waals surface area (Å²) in [6.07, 6.45) is 1.59. The van der Waals surface area contributed by atoms with Crippen LogP contribution in [-0.2, 0) is 0 Å². The molecule has 0 heterocycles. The second-order valence-electron chi connectivity index (χ2n) is 3.96. The SMILES string of the molecule is BrC12C3CC4C(C41)C32. The van der Waals surface area contributed by atoms with Gasteiger partial charge in [0, 0.05) is 4.32 Å². The molecule has 0 aromatic heterocycles. The molecule has 6 unspecified atom stereocenters. The Bertz CT molecular complexity index is 180. The third-order valence-corrected chi connectivity index (χ3v) is 5.73. The summed E-state index contributed by atoms with van der Waals surface area (Å²) in [4.78, 5) is 0. The lowest BCUT2D eigenvalue weighted by atomic mass is 10.0. The Labute approximate surface area is 56.8 Å². The van der Waals surface area contributed by atoms with Gasteiger partial charge in [-0.25, -0.2) is 0 Å². The summed E-state index contributed by atoms with van der Waals surface area (Å²) in [5.74, 6) is 5.96. The van der Waals surface area contributed by atoms with Gasteiger partial charge in [0.1, 0.15) is 0 Å². The van der Waals surface area contributed by atoms with E-state index in [9.17, 15) is 0 Å². The standard InChI is InChI=1S/C7H7Br/c8-7-3-1-2-4(5(2)7)6(3)7/h2-6H,1H2. The van der Waals surface area contributed by atoms with Gasteiger partial charge in [-0.3, -0.25) is 0 Å². The molecule has 5 rings (SSSR count). The number of halogens is 1. The largest absolute Gasteiger partial charge is 0.0844 e. The molecule has 0 spiro atoms. The molecule has 0 amide bonds. The molecule has 0 aromatic rings. The number of hydrogen-bond acceptors (Lipinski definition) is 0. The maximum Gasteiger partial charge on any atom is 0.0357 e. The molecular weight excluding hydrogens is 164 g/mol. The molecule has 6 atom stereocenters. The molecule has 0 saturated heterocycles. The molecule has 42 valence electrons. The van der Waals surface area contributed by atoms with Crippen molar-refractivity contribution in [1.82, 2.24) is 0 Å². The van der Waals surface area contributed by atoms with E-state index in [4.69, 9.17) is 0 Å². The fourth-order valence-electron chi connectivity index (χ4n) is 3.83. The highest BCUT2D eigenvalue weighted by Gasteiger charge is 2.95. The first-order valence-corrected chi connectivity index (χ1v) is 4.33. The summed E-state index contributed by atoms with van der Waals surface area (Å²) in [6, 6.07) is 0. The summed E-state index contributed by atoms with van der Waals surface area (Å²) < 4.78 is 0.766. The van der Waals surface area contributed by atoms with Crippen molar-refractivity contribution in [2.24, 2.45) is 29.6 Å². The topological polar surface area (TPSA) is 0 Å². The molecule has 2 bridgehead atoms. The fraction of sp³-hybridized carbons (Fsp3) is 1.00. The lowest BCUT2D eigenvalue weighted by Gasteiger charge is -2.15. The molecule has 0 aromatic carbocycles. The molecule has 0 aliphatic heterocycles. The zero-order valence-corrected chi connectivity index (χ0v) is 6.06. The van der Waals surface area contributed by atoms with E-state index >= 15 is 0 Å². The molecule has 1 heteroatoms. The van der Waals surface area contributed by atoms with Crippen molar-refractivity contribution in [1.29, 1.82) is 0 Å². The van der Waals surface area contributed by atoms with Crippen molar-refractivity contribution in [2.75, 3.05) is 0 Å². The van der Waals surface area contributed by atoms with Crippen molar-refractivity contribution >= 4 is 15.9 Å². The van der Waals surface area contributed by atoms with Crippen LogP contribution in [0.2, 0.25) is 0 Å². The first-order chi connectivity index (χ1) is 3.85. The second-order valence-corrected chi connectivity index (χ2v) is 5.34. The molecule has 5 saturated carbocycles. The minimum absolute atomic E-state index is 0.766. The average molecular weight is 171 g/mol. The number of hydrogen-bond donors (Lipinski definition) is 0. The number of alkyl halides is 1. The average Bonchev–Trinajstić information content (AvgIpc) is 2.37. The quantitative estimate of drug-likeness (QED) is 0.486. The van der Waals surface area contributed by atoms with Crippen LogP contribution in [0.3, 0.4) is 0 Å². The van der Waals surface area contributed by atoms with Crippen molar-refractivity contribution in [3.05, 3.63) is 0 Å². The maximum absolute atomic E-state index is 3.85. The van der Waals surface area contributed by atoms with Crippen LogP contribution in [0.1, 0.15) is 6.42 Å². The maximum atomic E-state index is 3.85. The van der Waals surface area contributed by atoms with Gasteiger partial charge in [0.25, 0.3) is 0 Å². The van der Waals surface area contributed by atoms with E-state index in [1.165, 1.54) is 23.7 Å². The molecule has 8 heavy (non-hydrogen) atoms. The van der Waals surface area contributed by atoms with Gasteiger partial charge in [0.15, 0.2) is 0 Å². The van der Waals surface area contributed by atoms with Crippen molar-refractivity contribution in [3.63, 3.8) is 0 Å². The van der Waals surface area contributed by atoms with Crippen molar-refractivity contribution in [3.8, 4) is 0 Å². The van der Waals surface area contributed by atoms with Crippen LogP contribution in [0, 0.1) is 29.6 Å². The molecular formula is C7H7Br. The third-order valence-electron chi connectivity index (χ3n) is 4.08. The Morgan fingerprint density at radius 1 is 1.38 bits per heavy atom. The monoisotopic (exact) mass is 170 g/mol. The minimum Gasteiger partial charge on any atom is -0.0844 e. The van der Waals surface area contributed by atoms with Gasteiger partial charge in [0.05, 0.1) is 0 Å². The Morgan fingerprint density at radius 3 is 2.38 bits per heavy atom. The van der Waals surface area contributed by atoms with E-state index in [2.05, 4.69) is 15.9 Å². The van der Waals surface area contributed by atoms with Crippen LogP contribution in [0.4, 0.5) is 0 Å². The first kappa shape index (κ1) is 3.60. The first-order valence-electron chi connectivity index (χ1n) is 3.54. The normalized spacial score (nSPS) is 94.9. The van der Waals surface area contributed by atoms with Gasteiger partial charge in [-0.05, 0) is 36.0 Å². The van der Waals surface area contributed by atoms with Crippen LogP contribution in [-0.4, -0.2) is 4.32 Å². The zero-order chi connectivity index (χ0) is 5.09. The fourth-order valence-corrected chi connectivity index (χ4v) is 5.44. The van der Waals surface area contributed by atoms with E-state index in [-0.39, 0.29) is 0 Å². The summed E-state index contributed by atoms with van der Waals surface area (Å²) in [5.41, 5.74) is 0. The van der Waals surface area contributed by atoms with Crippen LogP contribution >= 0.6 is 15.9 Å². The molecule has 5 aliphatic rings. The highest BCUT2D eigenvalue weighted by molar-refractivity contribution is 9.10. The lowest BCUT2D eigenvalue weighted by Crippen LogP contribution is -2.17. The molecule has 5 fully saturated rings. The third kappa shape index (κ3) is 0.131. The predicted octanol–water partition coefficient (Wildman–Crippen LogP) is 1.65. The molecule has 5 aliphatic carbocycles. The highest BCUT2D eigenvalue weighted by atomic mass is 79.9. The summed E-state index contributed by atoms with van der Waals surface area (Å²) >= 11 is 3.85. The van der Waals surface area contributed by atoms with E-state index in [0.717, 1.165) is 10.2 Å². The van der Waals surface area contributed by atoms with Crippen LogP contribution in [0.15, 0.2) is 0 Å². The molecule has 0 nitrogen and oxygen atoms in total. The highest BCUT2D eigenvalue weighted by Crippen LogP contribution is 2.96. The number of rotatable bonds is 0. The van der Waals surface area contributed by atoms with E-state index in [1.54, 1.807) is 6.42 Å². The van der Waals surface area contributed by atoms with Crippen LogP contribution in [0.5, 0.6) is 0 Å². The predicted molar refractivity (Wildman–Crippen MR) is 33.7 cm³/mol. The summed E-state index contributed by atoms with van der Waals surface area (Å²) in [6.45, 7) is 0. The van der Waals surface area contributed by atoms with E-state index < -0.39 is 0 Å². The van der Waals surface area contributed by atoms with Gasteiger partial charge >= 0.3 is 0 Å². The van der Waals surface area contributed by atoms with Gasteiger partial charge in [-0.15, -0.1) is 0 Å². The molecule has 0 radical (unpaired) electrons. The van der Waals surface area contributed by atoms with Gasteiger partial charge < -0.3 is 0 Å². The smallest absolute Gasteiger partial charge is 0.0357 e. The Hall–Kier alpha value is 0.480. The van der Waals surface area contributed by atoms with Crippen molar-refractivity contribution in [2.45, 2.75) is 10.7 Å². The lowest BCUT2D eigenvalue weighted by molar-refractivity contribution is 0.475. The van der Waals surface area contributed by atoms with E-state index in [1.807, 2.05) is 0 Å². The minimum atomic E-state index is 0.766. The van der Waals surface area contributed by atoms with Gasteiger partial charge in [-0.1, -0.05) is 15.9 Å². The zero-order valence-electron chi connectivity index (χ0n) is 4.47. The Morgan fingerprint density at radius 2 is 2.25 bits per heavy atom. The summed E-state index contributed by atoms with van der Waals surface area (Å²) in [5, 5.41) is 0. The second kappa shape index (κ2) is 0.622. The van der Waals surface area contributed by atoms with E-state index in [0.29, 0.717) is 0 Å². The Kier molecular flexibility index (Phi) is 0.280. The van der Waals surface area contributed by atoms with Gasteiger partial charge in [-0.2, -0.15) is 0 Å². The summed E-state index contributed by atoms with van der Waals surface area (Å²) in [7, 11) is 0. The van der Waals surface area contributed by atoms with Crippen molar-refractivity contribution < 1.29 is 0 Å². The van der Waals surface area contributed by atoms with Crippen LogP contribution in [0.25, 0.3) is 0 Å².